The highest BCUT2D eigenvalue weighted by atomic mass is 16.5. The lowest BCUT2D eigenvalue weighted by molar-refractivity contribution is -0.128. The number of amides is 2. The lowest BCUT2D eigenvalue weighted by Crippen LogP contribution is -2.38. The molecule has 3 rings (SSSR count). The van der Waals surface area contributed by atoms with Crippen LogP contribution in [0.15, 0.2) is 24.3 Å². The van der Waals surface area contributed by atoms with Gasteiger partial charge in [-0.2, -0.15) is 0 Å². The standard InChI is InChI=1S/C15H18N2O3/c1-17-9-11(7-14(17)18)15(19)16-8-12-6-10-4-2-3-5-13(10)20-12/h2-5,11-12H,6-9H2,1H3,(H,16,19). The van der Waals surface area contributed by atoms with Gasteiger partial charge in [0.1, 0.15) is 11.9 Å². The maximum atomic E-state index is 12.0. The highest BCUT2D eigenvalue weighted by molar-refractivity contribution is 5.89. The zero-order valence-corrected chi connectivity index (χ0v) is 11.5. The molecule has 106 valence electrons. The number of hydrogen-bond acceptors (Lipinski definition) is 3. The summed E-state index contributed by atoms with van der Waals surface area (Å²) in [5.41, 5.74) is 1.18. The first-order valence-corrected chi connectivity index (χ1v) is 6.89. The van der Waals surface area contributed by atoms with Crippen LogP contribution in [0, 0.1) is 5.92 Å². The summed E-state index contributed by atoms with van der Waals surface area (Å²) in [6.07, 6.45) is 1.12. The van der Waals surface area contributed by atoms with E-state index in [1.165, 1.54) is 5.56 Å². The van der Waals surface area contributed by atoms with Crippen LogP contribution in [0.2, 0.25) is 0 Å². The van der Waals surface area contributed by atoms with Crippen molar-refractivity contribution in [3.8, 4) is 5.75 Å². The Morgan fingerprint density at radius 2 is 2.20 bits per heavy atom. The number of para-hydroxylation sites is 1. The Kier molecular flexibility index (Phi) is 3.34. The summed E-state index contributed by atoms with van der Waals surface area (Å²) in [6.45, 7) is 0.998. The van der Waals surface area contributed by atoms with E-state index in [0.717, 1.165) is 12.2 Å². The second-order valence-electron chi connectivity index (χ2n) is 5.47. The number of carbonyl (C=O) groups excluding carboxylic acids is 2. The smallest absolute Gasteiger partial charge is 0.225 e. The number of carbonyl (C=O) groups is 2. The molecule has 1 aromatic rings. The van der Waals surface area contributed by atoms with Crippen LogP contribution in [0.1, 0.15) is 12.0 Å². The SMILES string of the molecule is CN1CC(C(=O)NCC2Cc3ccccc3O2)CC1=O. The van der Waals surface area contributed by atoms with Gasteiger partial charge in [-0.1, -0.05) is 18.2 Å². The number of rotatable bonds is 3. The van der Waals surface area contributed by atoms with E-state index < -0.39 is 0 Å². The largest absolute Gasteiger partial charge is 0.488 e. The van der Waals surface area contributed by atoms with E-state index in [1.807, 2.05) is 24.3 Å². The second kappa shape index (κ2) is 5.15. The van der Waals surface area contributed by atoms with Gasteiger partial charge in [0.25, 0.3) is 0 Å². The van der Waals surface area contributed by atoms with E-state index in [4.69, 9.17) is 4.74 Å². The summed E-state index contributed by atoms with van der Waals surface area (Å²) >= 11 is 0. The third-order valence-electron chi connectivity index (χ3n) is 3.93. The van der Waals surface area contributed by atoms with Gasteiger partial charge in [-0.15, -0.1) is 0 Å². The van der Waals surface area contributed by atoms with Crippen LogP contribution in [-0.4, -0.2) is 43.0 Å². The lowest BCUT2D eigenvalue weighted by atomic mass is 10.1. The minimum absolute atomic E-state index is 0.00816. The minimum atomic E-state index is -0.226. The van der Waals surface area contributed by atoms with Crippen LogP contribution in [0.25, 0.3) is 0 Å². The van der Waals surface area contributed by atoms with E-state index >= 15 is 0 Å². The van der Waals surface area contributed by atoms with Crippen molar-refractivity contribution in [3.05, 3.63) is 29.8 Å². The molecule has 0 spiro atoms. The molecule has 20 heavy (non-hydrogen) atoms. The predicted octanol–water partition coefficient (Wildman–Crippen LogP) is 0.585. The van der Waals surface area contributed by atoms with E-state index in [1.54, 1.807) is 11.9 Å². The van der Waals surface area contributed by atoms with Crippen molar-refractivity contribution in [2.45, 2.75) is 18.9 Å². The molecule has 2 aliphatic rings. The van der Waals surface area contributed by atoms with Crippen molar-refractivity contribution in [3.63, 3.8) is 0 Å². The Morgan fingerprint density at radius 3 is 2.90 bits per heavy atom. The molecule has 1 N–H and O–H groups in total. The van der Waals surface area contributed by atoms with Gasteiger partial charge < -0.3 is 15.0 Å². The quantitative estimate of drug-likeness (QED) is 0.877. The van der Waals surface area contributed by atoms with Crippen molar-refractivity contribution in [1.29, 1.82) is 0 Å². The van der Waals surface area contributed by atoms with Crippen LogP contribution in [0.5, 0.6) is 5.75 Å². The molecule has 2 atom stereocenters. The number of hydrogen-bond donors (Lipinski definition) is 1. The zero-order chi connectivity index (χ0) is 14.1. The van der Waals surface area contributed by atoms with Crippen molar-refractivity contribution < 1.29 is 14.3 Å². The van der Waals surface area contributed by atoms with Crippen LogP contribution in [0.4, 0.5) is 0 Å². The van der Waals surface area contributed by atoms with E-state index in [9.17, 15) is 9.59 Å². The second-order valence-corrected chi connectivity index (χ2v) is 5.47. The van der Waals surface area contributed by atoms with Crippen molar-refractivity contribution in [2.24, 2.45) is 5.92 Å². The highest BCUT2D eigenvalue weighted by Gasteiger charge is 2.32. The van der Waals surface area contributed by atoms with Gasteiger partial charge >= 0.3 is 0 Å². The van der Waals surface area contributed by atoms with Gasteiger partial charge in [-0.25, -0.2) is 0 Å². The third kappa shape index (κ3) is 2.48. The first kappa shape index (κ1) is 13.0. The minimum Gasteiger partial charge on any atom is -0.488 e. The molecule has 1 aromatic carbocycles. The van der Waals surface area contributed by atoms with Crippen LogP contribution >= 0.6 is 0 Å². The molecule has 0 saturated carbocycles. The predicted molar refractivity (Wildman–Crippen MR) is 73.3 cm³/mol. The number of likely N-dealkylation sites (tertiary alicyclic amines) is 1. The molecule has 0 bridgehead atoms. The van der Waals surface area contributed by atoms with Crippen LogP contribution in [0.3, 0.4) is 0 Å². The normalized spacial score (nSPS) is 24.4. The molecule has 0 aliphatic carbocycles. The summed E-state index contributed by atoms with van der Waals surface area (Å²) in [4.78, 5) is 25.0. The van der Waals surface area contributed by atoms with Crippen LogP contribution < -0.4 is 10.1 Å². The molecule has 5 nitrogen and oxygen atoms in total. The maximum absolute atomic E-state index is 12.0. The van der Waals surface area contributed by atoms with Crippen molar-refractivity contribution in [2.75, 3.05) is 20.1 Å². The summed E-state index contributed by atoms with van der Waals surface area (Å²) < 4.78 is 5.77. The number of benzene rings is 1. The number of ether oxygens (including phenoxy) is 1. The topological polar surface area (TPSA) is 58.6 Å². The molecule has 5 heteroatoms. The fraction of sp³-hybridized carbons (Fsp3) is 0.467. The Labute approximate surface area is 117 Å². The van der Waals surface area contributed by atoms with E-state index in [2.05, 4.69) is 5.32 Å². The maximum Gasteiger partial charge on any atom is 0.225 e. The van der Waals surface area contributed by atoms with Crippen molar-refractivity contribution >= 4 is 11.8 Å². The summed E-state index contributed by atoms with van der Waals surface area (Å²) in [5, 5.41) is 2.90. The fourth-order valence-electron chi connectivity index (χ4n) is 2.77. The molecule has 2 amide bonds. The zero-order valence-electron chi connectivity index (χ0n) is 11.5. The van der Waals surface area contributed by atoms with Gasteiger partial charge in [0.05, 0.1) is 12.5 Å². The molecule has 0 aromatic heterocycles. The molecule has 1 saturated heterocycles. The Bertz CT molecular complexity index is 519. The Morgan fingerprint density at radius 1 is 1.40 bits per heavy atom. The van der Waals surface area contributed by atoms with Gasteiger partial charge in [0.15, 0.2) is 0 Å². The molecule has 0 radical (unpaired) electrons. The number of nitrogens with zero attached hydrogens (tertiary/aromatic N) is 1. The van der Waals surface area contributed by atoms with Gasteiger partial charge in [-0.05, 0) is 11.6 Å². The van der Waals surface area contributed by atoms with E-state index in [0.29, 0.717) is 19.5 Å². The average Bonchev–Trinajstić information content (AvgIpc) is 3.00. The first-order valence-electron chi connectivity index (χ1n) is 6.89. The fourth-order valence-corrected chi connectivity index (χ4v) is 2.77. The molecule has 2 heterocycles. The number of fused-ring (bicyclic) bond motifs is 1. The summed E-state index contributed by atoms with van der Waals surface area (Å²) in [6, 6.07) is 7.92. The summed E-state index contributed by atoms with van der Waals surface area (Å²) in [7, 11) is 1.73. The van der Waals surface area contributed by atoms with Gasteiger partial charge in [0.2, 0.25) is 11.8 Å². The summed E-state index contributed by atoms with van der Waals surface area (Å²) in [5.74, 6) is 0.663. The molecule has 2 aliphatic heterocycles. The average molecular weight is 274 g/mol. The van der Waals surface area contributed by atoms with Crippen molar-refractivity contribution in [1.82, 2.24) is 10.2 Å². The van der Waals surface area contributed by atoms with Gasteiger partial charge in [-0.3, -0.25) is 9.59 Å². The third-order valence-corrected chi connectivity index (χ3v) is 3.93. The van der Waals surface area contributed by atoms with Crippen LogP contribution in [-0.2, 0) is 16.0 Å². The lowest BCUT2D eigenvalue weighted by Gasteiger charge is -2.14. The number of nitrogens with one attached hydrogen (secondary N) is 1. The van der Waals surface area contributed by atoms with E-state index in [-0.39, 0.29) is 23.8 Å². The van der Waals surface area contributed by atoms with Gasteiger partial charge in [0, 0.05) is 26.4 Å². The first-order chi connectivity index (χ1) is 9.63. The molecular formula is C15H18N2O3. The highest BCUT2D eigenvalue weighted by Crippen LogP contribution is 2.27. The monoisotopic (exact) mass is 274 g/mol. The Balaban J connectivity index is 1.49. The molecule has 2 unspecified atom stereocenters. The molecular weight excluding hydrogens is 256 g/mol. The molecule has 1 fully saturated rings. The Hall–Kier alpha value is -2.04.